The molecule has 0 aromatic rings. The maximum Gasteiger partial charge on any atom is 0.217 e. The largest absolute Gasteiger partial charge is 0.490 e. The van der Waals surface area contributed by atoms with Crippen LogP contribution >= 0.6 is 0 Å². The standard InChI is InChI=1S/C12H20N2O3/c1-9(2)17-10-5-4-8-14(3)12(10,16)7-6-11(13)15/h4-5,8-9,16H,6-7H2,1-3H3,(H2,13,15)/t12-/m0/s1. The molecule has 0 bridgehead atoms. The lowest BCUT2D eigenvalue weighted by molar-refractivity contribution is -0.124. The molecule has 5 nitrogen and oxygen atoms in total. The van der Waals surface area contributed by atoms with Crippen LogP contribution in [0.1, 0.15) is 26.7 Å². The molecule has 0 aromatic heterocycles. The number of rotatable bonds is 5. The molecule has 1 rings (SSSR count). The number of aliphatic hydroxyl groups is 1. The number of allylic oxidation sites excluding steroid dienone is 2. The minimum atomic E-state index is -1.30. The van der Waals surface area contributed by atoms with E-state index < -0.39 is 11.6 Å². The first-order valence-corrected chi connectivity index (χ1v) is 5.65. The highest BCUT2D eigenvalue weighted by Gasteiger charge is 2.38. The molecule has 0 saturated carbocycles. The van der Waals surface area contributed by atoms with Gasteiger partial charge in [-0.05, 0) is 26.0 Å². The zero-order valence-corrected chi connectivity index (χ0v) is 10.5. The average Bonchev–Trinajstić information content (AvgIpc) is 2.22. The van der Waals surface area contributed by atoms with Crippen LogP contribution in [-0.2, 0) is 9.53 Å². The molecule has 0 saturated heterocycles. The number of nitrogens with zero attached hydrogens (tertiary/aromatic N) is 1. The maximum atomic E-state index is 10.8. The van der Waals surface area contributed by atoms with Crippen LogP contribution in [-0.4, -0.2) is 34.8 Å². The molecule has 0 spiro atoms. The van der Waals surface area contributed by atoms with Crippen molar-refractivity contribution in [2.75, 3.05) is 7.05 Å². The number of likely N-dealkylation sites (N-methyl/N-ethyl adjacent to an activating group) is 1. The van der Waals surface area contributed by atoms with E-state index in [9.17, 15) is 9.90 Å². The number of hydrogen-bond donors (Lipinski definition) is 2. The third kappa shape index (κ3) is 3.23. The summed E-state index contributed by atoms with van der Waals surface area (Å²) in [5, 5.41) is 10.6. The highest BCUT2D eigenvalue weighted by Crippen LogP contribution is 2.31. The van der Waals surface area contributed by atoms with Crippen molar-refractivity contribution in [3.63, 3.8) is 0 Å². The third-order valence-electron chi connectivity index (χ3n) is 2.62. The molecule has 0 aliphatic carbocycles. The lowest BCUT2D eigenvalue weighted by Crippen LogP contribution is -2.48. The predicted octanol–water partition coefficient (Wildman–Crippen LogP) is 0.709. The monoisotopic (exact) mass is 240 g/mol. The van der Waals surface area contributed by atoms with E-state index in [2.05, 4.69) is 0 Å². The molecule has 0 unspecified atom stereocenters. The Balaban J connectivity index is 2.86. The van der Waals surface area contributed by atoms with E-state index >= 15 is 0 Å². The van der Waals surface area contributed by atoms with Gasteiger partial charge >= 0.3 is 0 Å². The predicted molar refractivity (Wildman–Crippen MR) is 64.6 cm³/mol. The summed E-state index contributed by atoms with van der Waals surface area (Å²) in [7, 11) is 1.73. The van der Waals surface area contributed by atoms with Gasteiger partial charge in [0.05, 0.1) is 6.10 Å². The lowest BCUT2D eigenvalue weighted by Gasteiger charge is -2.40. The molecule has 1 aliphatic heterocycles. The Kier molecular flexibility index (Phi) is 4.17. The van der Waals surface area contributed by atoms with Gasteiger partial charge in [-0.25, -0.2) is 0 Å². The van der Waals surface area contributed by atoms with Crippen LogP contribution < -0.4 is 5.73 Å². The van der Waals surface area contributed by atoms with Gasteiger partial charge in [0, 0.05) is 26.1 Å². The summed E-state index contributed by atoms with van der Waals surface area (Å²) in [6, 6.07) is 0. The summed E-state index contributed by atoms with van der Waals surface area (Å²) in [4.78, 5) is 12.5. The van der Waals surface area contributed by atoms with Crippen LogP contribution in [0.3, 0.4) is 0 Å². The number of ether oxygens (including phenoxy) is 1. The van der Waals surface area contributed by atoms with E-state index in [0.717, 1.165) is 0 Å². The topological polar surface area (TPSA) is 75.8 Å². The van der Waals surface area contributed by atoms with Crippen LogP contribution in [0.15, 0.2) is 24.1 Å². The van der Waals surface area contributed by atoms with Crippen molar-refractivity contribution in [2.45, 2.75) is 38.5 Å². The quantitative estimate of drug-likeness (QED) is 0.742. The number of amides is 1. The molecule has 1 heterocycles. The van der Waals surface area contributed by atoms with Gasteiger partial charge in [0.15, 0.2) is 5.72 Å². The van der Waals surface area contributed by atoms with Gasteiger partial charge < -0.3 is 20.5 Å². The van der Waals surface area contributed by atoms with Crippen molar-refractivity contribution in [1.29, 1.82) is 0 Å². The summed E-state index contributed by atoms with van der Waals surface area (Å²) in [6.45, 7) is 3.77. The summed E-state index contributed by atoms with van der Waals surface area (Å²) < 4.78 is 5.58. The summed E-state index contributed by atoms with van der Waals surface area (Å²) in [6.07, 6.45) is 5.50. The van der Waals surface area contributed by atoms with E-state index in [-0.39, 0.29) is 18.9 Å². The van der Waals surface area contributed by atoms with Crippen LogP contribution in [0.2, 0.25) is 0 Å². The third-order valence-corrected chi connectivity index (χ3v) is 2.62. The van der Waals surface area contributed by atoms with E-state index in [1.54, 1.807) is 30.3 Å². The smallest absolute Gasteiger partial charge is 0.217 e. The minimum Gasteiger partial charge on any atom is -0.490 e. The molecule has 0 radical (unpaired) electrons. The number of hydrogen-bond acceptors (Lipinski definition) is 4. The van der Waals surface area contributed by atoms with Crippen molar-refractivity contribution in [3.05, 3.63) is 24.1 Å². The zero-order chi connectivity index (χ0) is 13.1. The van der Waals surface area contributed by atoms with E-state index in [4.69, 9.17) is 10.5 Å². The van der Waals surface area contributed by atoms with E-state index in [0.29, 0.717) is 5.76 Å². The molecule has 1 aliphatic rings. The Hall–Kier alpha value is -1.49. The van der Waals surface area contributed by atoms with Gasteiger partial charge in [0.2, 0.25) is 5.91 Å². The lowest BCUT2D eigenvalue weighted by atomic mass is 10.0. The second-order valence-electron chi connectivity index (χ2n) is 4.43. The van der Waals surface area contributed by atoms with Gasteiger partial charge in [-0.2, -0.15) is 0 Å². The Morgan fingerprint density at radius 1 is 1.65 bits per heavy atom. The summed E-state index contributed by atoms with van der Waals surface area (Å²) in [5.74, 6) is 0.00373. The number of nitrogens with two attached hydrogens (primary N) is 1. The molecule has 5 heteroatoms. The number of primary amides is 1. The van der Waals surface area contributed by atoms with Gasteiger partial charge in [-0.3, -0.25) is 4.79 Å². The van der Waals surface area contributed by atoms with Crippen LogP contribution in [0.5, 0.6) is 0 Å². The van der Waals surface area contributed by atoms with Crippen LogP contribution in [0.25, 0.3) is 0 Å². The number of carbonyl (C=O) groups is 1. The molecular formula is C12H20N2O3. The first-order chi connectivity index (χ1) is 7.86. The van der Waals surface area contributed by atoms with Crippen molar-refractivity contribution < 1.29 is 14.6 Å². The minimum absolute atomic E-state index is 0.0405. The molecule has 17 heavy (non-hydrogen) atoms. The fourth-order valence-corrected chi connectivity index (χ4v) is 1.67. The first-order valence-electron chi connectivity index (χ1n) is 5.65. The molecule has 3 N–H and O–H groups in total. The summed E-state index contributed by atoms with van der Waals surface area (Å²) >= 11 is 0. The first kappa shape index (κ1) is 13.6. The van der Waals surface area contributed by atoms with Crippen molar-refractivity contribution in [3.8, 4) is 0 Å². The van der Waals surface area contributed by atoms with Gasteiger partial charge in [0.1, 0.15) is 5.76 Å². The summed E-state index contributed by atoms with van der Waals surface area (Å²) in [5.41, 5.74) is 3.82. The highest BCUT2D eigenvalue weighted by molar-refractivity contribution is 5.73. The van der Waals surface area contributed by atoms with Crippen molar-refractivity contribution in [1.82, 2.24) is 4.90 Å². The Labute approximate surface area is 102 Å². The number of carbonyl (C=O) groups excluding carboxylic acids is 1. The Morgan fingerprint density at radius 3 is 2.82 bits per heavy atom. The van der Waals surface area contributed by atoms with Gasteiger partial charge in [-0.1, -0.05) is 0 Å². The fraction of sp³-hybridized carbons (Fsp3) is 0.583. The van der Waals surface area contributed by atoms with Crippen molar-refractivity contribution in [2.24, 2.45) is 5.73 Å². The second kappa shape index (κ2) is 5.23. The Morgan fingerprint density at radius 2 is 2.29 bits per heavy atom. The molecular weight excluding hydrogens is 220 g/mol. The highest BCUT2D eigenvalue weighted by atomic mass is 16.5. The maximum absolute atomic E-state index is 10.8. The molecule has 1 atom stereocenters. The van der Waals surface area contributed by atoms with E-state index in [1.165, 1.54) is 0 Å². The molecule has 0 fully saturated rings. The fourth-order valence-electron chi connectivity index (χ4n) is 1.67. The van der Waals surface area contributed by atoms with Crippen molar-refractivity contribution >= 4 is 5.91 Å². The van der Waals surface area contributed by atoms with Gasteiger partial charge in [-0.15, -0.1) is 0 Å². The van der Waals surface area contributed by atoms with Crippen LogP contribution in [0, 0.1) is 0 Å². The zero-order valence-electron chi connectivity index (χ0n) is 10.5. The van der Waals surface area contributed by atoms with E-state index in [1.807, 2.05) is 13.8 Å². The normalized spacial score (nSPS) is 23.8. The second-order valence-corrected chi connectivity index (χ2v) is 4.43. The SMILES string of the molecule is CC(C)OC1=CC=CN(C)[C@]1(O)CCC(N)=O. The average molecular weight is 240 g/mol. The molecule has 1 amide bonds. The molecule has 0 aromatic carbocycles. The van der Waals surface area contributed by atoms with Gasteiger partial charge in [0.25, 0.3) is 0 Å². The Bertz CT molecular complexity index is 350. The van der Waals surface area contributed by atoms with Crippen LogP contribution in [0.4, 0.5) is 0 Å². The molecule has 96 valence electrons.